The maximum Gasteiger partial charge on any atom is 0.253 e. The van der Waals surface area contributed by atoms with E-state index in [2.05, 4.69) is 27.1 Å². The number of nitrogens with two attached hydrogens (primary N) is 2. The van der Waals surface area contributed by atoms with Crippen molar-refractivity contribution in [1.82, 2.24) is 24.8 Å². The Morgan fingerprint density at radius 2 is 1.65 bits per heavy atom. The highest BCUT2D eigenvalue weighted by atomic mass is 16.2. The van der Waals surface area contributed by atoms with E-state index in [0.717, 1.165) is 52.0 Å². The summed E-state index contributed by atoms with van der Waals surface area (Å²) in [6, 6.07) is 14.0. The summed E-state index contributed by atoms with van der Waals surface area (Å²) in [6.07, 6.45) is 6.63. The van der Waals surface area contributed by atoms with Crippen molar-refractivity contribution in [2.24, 2.45) is 5.73 Å². The molecule has 1 aliphatic rings. The molecule has 0 fully saturated rings. The van der Waals surface area contributed by atoms with Gasteiger partial charge in [-0.3, -0.25) is 28.9 Å². The molecule has 48 heavy (non-hydrogen) atoms. The monoisotopic (exact) mass is 652 g/mol. The fourth-order valence-electron chi connectivity index (χ4n) is 5.77. The van der Waals surface area contributed by atoms with Gasteiger partial charge in [-0.1, -0.05) is 50.1 Å². The van der Waals surface area contributed by atoms with Crippen molar-refractivity contribution in [1.29, 1.82) is 0 Å². The molecule has 5 amide bonds. The Balaban J connectivity index is 1.21. The molecule has 0 saturated heterocycles. The summed E-state index contributed by atoms with van der Waals surface area (Å²) >= 11 is 0. The summed E-state index contributed by atoms with van der Waals surface area (Å²) in [6.45, 7) is 2.94. The number of para-hydroxylation sites is 1. The van der Waals surface area contributed by atoms with Gasteiger partial charge < -0.3 is 26.7 Å². The van der Waals surface area contributed by atoms with E-state index < -0.39 is 23.8 Å². The number of nitrogens with zero attached hydrogens (tertiary/aromatic N) is 4. The van der Waals surface area contributed by atoms with Crippen LogP contribution >= 0.6 is 0 Å². The lowest BCUT2D eigenvalue weighted by molar-refractivity contribution is -0.137. The fraction of sp³-hybridized carbons (Fsp3) is 0.343. The Kier molecular flexibility index (Phi) is 10.8. The van der Waals surface area contributed by atoms with Gasteiger partial charge in [0.05, 0.1) is 17.5 Å². The summed E-state index contributed by atoms with van der Waals surface area (Å²) in [5, 5.41) is 6.35. The van der Waals surface area contributed by atoms with Crippen molar-refractivity contribution >= 4 is 63.0 Å². The van der Waals surface area contributed by atoms with Gasteiger partial charge in [0, 0.05) is 49.2 Å². The van der Waals surface area contributed by atoms with E-state index in [-0.39, 0.29) is 31.2 Å². The number of nitrogens with one attached hydrogen (secondary N) is 2. The third-order valence-electron chi connectivity index (χ3n) is 8.25. The van der Waals surface area contributed by atoms with Gasteiger partial charge in [-0.25, -0.2) is 9.97 Å². The molecule has 1 atom stereocenters. The van der Waals surface area contributed by atoms with Crippen molar-refractivity contribution < 1.29 is 24.0 Å². The molecule has 0 spiro atoms. The lowest BCUT2D eigenvalue weighted by Gasteiger charge is -2.18. The second kappa shape index (κ2) is 15.3. The number of pyridine rings is 1. The van der Waals surface area contributed by atoms with Crippen molar-refractivity contribution in [3.63, 3.8) is 0 Å². The summed E-state index contributed by atoms with van der Waals surface area (Å²) in [5.74, 6) is -1.06. The lowest BCUT2D eigenvalue weighted by Crippen LogP contribution is -2.46. The van der Waals surface area contributed by atoms with Gasteiger partial charge in [-0.15, -0.1) is 0 Å². The number of benzene rings is 2. The van der Waals surface area contributed by atoms with Crippen LogP contribution in [0, 0.1) is 0 Å². The molecule has 4 aromatic rings. The first-order valence-corrected chi connectivity index (χ1v) is 16.2. The molecule has 2 aromatic carbocycles. The zero-order chi connectivity index (χ0) is 34.2. The predicted octanol–water partition coefficient (Wildman–Crippen LogP) is 3.34. The zero-order valence-electron chi connectivity index (χ0n) is 26.9. The number of aromatic nitrogens is 3. The van der Waals surface area contributed by atoms with Gasteiger partial charge in [0.15, 0.2) is 5.82 Å². The molecule has 0 unspecified atom stereocenters. The van der Waals surface area contributed by atoms with E-state index in [9.17, 15) is 24.0 Å². The summed E-state index contributed by atoms with van der Waals surface area (Å²) in [5.41, 5.74) is 15.6. The minimum atomic E-state index is -1.15. The Morgan fingerprint density at radius 3 is 2.35 bits per heavy atom. The summed E-state index contributed by atoms with van der Waals surface area (Å²) < 4.78 is 2.18. The van der Waals surface area contributed by atoms with E-state index in [1.54, 1.807) is 12.1 Å². The molecule has 0 aliphatic carbocycles. The molecule has 250 valence electrons. The molecular weight excluding hydrogens is 612 g/mol. The summed E-state index contributed by atoms with van der Waals surface area (Å²) in [4.78, 5) is 71.3. The number of unbranched alkanes of at least 4 members (excludes halogenated alkanes) is 3. The third kappa shape index (κ3) is 8.03. The molecule has 0 radical (unpaired) electrons. The van der Waals surface area contributed by atoms with Crippen LogP contribution in [0.5, 0.6) is 0 Å². The van der Waals surface area contributed by atoms with Crippen molar-refractivity contribution in [2.75, 3.05) is 17.6 Å². The molecule has 0 saturated carbocycles. The average molecular weight is 653 g/mol. The molecule has 13 heteroatoms. The average Bonchev–Trinajstić information content (AvgIpc) is 3.59. The highest BCUT2D eigenvalue weighted by molar-refractivity contribution is 6.12. The Bertz CT molecular complexity index is 1860. The first-order chi connectivity index (χ1) is 23.1. The van der Waals surface area contributed by atoms with E-state index >= 15 is 0 Å². The number of primary amides is 1. The maximum atomic E-state index is 13.1. The number of hydrogen-bond donors (Lipinski definition) is 4. The molecule has 13 nitrogen and oxygen atoms in total. The molecule has 5 rings (SSSR count). The van der Waals surface area contributed by atoms with E-state index in [0.29, 0.717) is 42.8 Å². The molecular formula is C35H40N8O5. The number of hydrogen-bond acceptors (Lipinski definition) is 8. The van der Waals surface area contributed by atoms with E-state index in [1.165, 1.54) is 12.2 Å². The number of aryl methyl sites for hydroxylation is 1. The van der Waals surface area contributed by atoms with Crippen LogP contribution in [-0.2, 0) is 36.9 Å². The normalized spacial score (nSPS) is 13.4. The highest BCUT2D eigenvalue weighted by Crippen LogP contribution is 2.30. The van der Waals surface area contributed by atoms with Crippen LogP contribution in [0.4, 0.5) is 11.5 Å². The number of amides is 5. The lowest BCUT2D eigenvalue weighted by atomic mass is 10.1. The van der Waals surface area contributed by atoms with Gasteiger partial charge in [0.1, 0.15) is 17.4 Å². The van der Waals surface area contributed by atoms with Crippen molar-refractivity contribution in [2.45, 2.75) is 70.9 Å². The predicted molar refractivity (Wildman–Crippen MR) is 182 cm³/mol. The molecule has 0 bridgehead atoms. The molecule has 2 aromatic heterocycles. The fourth-order valence-corrected chi connectivity index (χ4v) is 5.77. The van der Waals surface area contributed by atoms with Crippen LogP contribution in [0.2, 0.25) is 0 Å². The van der Waals surface area contributed by atoms with Crippen LogP contribution in [0.25, 0.3) is 21.9 Å². The Morgan fingerprint density at radius 1 is 0.917 bits per heavy atom. The quantitative estimate of drug-likeness (QED) is 0.104. The Hall–Kier alpha value is -5.59. The number of anilines is 2. The molecule has 6 N–H and O–H groups in total. The number of nitrogen functional groups attached to an aromatic ring is 1. The smallest absolute Gasteiger partial charge is 0.253 e. The van der Waals surface area contributed by atoms with Crippen LogP contribution in [0.1, 0.15) is 63.3 Å². The molecule has 3 heterocycles. The van der Waals surface area contributed by atoms with Crippen molar-refractivity contribution in [3.8, 4) is 0 Å². The first-order valence-electron chi connectivity index (χ1n) is 16.2. The van der Waals surface area contributed by atoms with E-state index in [4.69, 9.17) is 16.5 Å². The third-order valence-corrected chi connectivity index (χ3v) is 8.25. The van der Waals surface area contributed by atoms with Gasteiger partial charge >= 0.3 is 0 Å². The van der Waals surface area contributed by atoms with E-state index in [1.807, 2.05) is 36.4 Å². The topological polar surface area (TPSA) is 195 Å². The van der Waals surface area contributed by atoms with Crippen LogP contribution in [0.15, 0.2) is 60.7 Å². The second-order valence-corrected chi connectivity index (χ2v) is 11.9. The maximum absolute atomic E-state index is 13.1. The largest absolute Gasteiger partial charge is 0.382 e. The first kappa shape index (κ1) is 33.8. The minimum Gasteiger partial charge on any atom is -0.382 e. The van der Waals surface area contributed by atoms with Gasteiger partial charge in [0.2, 0.25) is 17.7 Å². The van der Waals surface area contributed by atoms with Gasteiger partial charge in [0.25, 0.3) is 11.8 Å². The van der Waals surface area contributed by atoms with Crippen LogP contribution < -0.4 is 22.1 Å². The van der Waals surface area contributed by atoms with Gasteiger partial charge in [-0.05, 0) is 43.0 Å². The number of carbonyl (C=O) groups is 5. The Labute approximate surface area is 277 Å². The molecule has 1 aliphatic heterocycles. The number of fused-ring (bicyclic) bond motifs is 3. The zero-order valence-corrected chi connectivity index (χ0v) is 26.9. The summed E-state index contributed by atoms with van der Waals surface area (Å²) in [7, 11) is 0. The van der Waals surface area contributed by atoms with Gasteiger partial charge in [-0.2, -0.15) is 0 Å². The van der Waals surface area contributed by atoms with Crippen LogP contribution in [-0.4, -0.2) is 61.6 Å². The van der Waals surface area contributed by atoms with Crippen LogP contribution in [0.3, 0.4) is 0 Å². The number of carbonyl (C=O) groups excluding carboxylic acids is 5. The standard InChI is InChI=1S/C35H40N8O5/c1-2-3-11-28-41-32-33(24-9-6-7-10-25(24)40-34(32)37)43(28)21-22-13-15-23(16-14-22)38-35(48)26(20-27(36)44)39-29(45)12-5-4-8-19-42-30(46)17-18-31(42)47/h6-7,9-10,13-18,26H,2-5,8,11-12,19-21H2,1H3,(H2,36,44)(H2,37,40)(H,38,48)(H,39,45)/t26-/m0/s1. The van der Waals surface area contributed by atoms with Crippen molar-refractivity contribution in [3.05, 3.63) is 72.1 Å². The number of imidazole rings is 1. The second-order valence-electron chi connectivity index (χ2n) is 11.9. The SMILES string of the molecule is CCCCc1nc2c(N)nc3ccccc3c2n1Cc1ccc(NC(=O)[C@H](CC(N)=O)NC(=O)CCCCCN2C(=O)C=CC2=O)cc1. The number of imide groups is 1. The minimum absolute atomic E-state index is 0.109. The number of rotatable bonds is 16. The highest BCUT2D eigenvalue weighted by Gasteiger charge is 2.24.